The lowest BCUT2D eigenvalue weighted by molar-refractivity contribution is -0.123. The Labute approximate surface area is 134 Å². The number of nitrogens with one attached hydrogen (secondary N) is 2. The van der Waals surface area contributed by atoms with Gasteiger partial charge in [-0.3, -0.25) is 9.59 Å². The molecule has 1 aromatic heterocycles. The van der Waals surface area contributed by atoms with Crippen molar-refractivity contribution in [2.75, 3.05) is 6.54 Å². The first-order valence-corrected chi connectivity index (χ1v) is 8.13. The highest BCUT2D eigenvalue weighted by molar-refractivity contribution is 7.12. The minimum atomic E-state index is -0.686. The summed E-state index contributed by atoms with van der Waals surface area (Å²) in [4.78, 5) is 25.3. The van der Waals surface area contributed by atoms with Gasteiger partial charge in [0.1, 0.15) is 6.04 Å². The molecule has 2 amide bonds. The topological polar surface area (TPSA) is 58.2 Å². The third-order valence-electron chi connectivity index (χ3n) is 3.10. The van der Waals surface area contributed by atoms with E-state index in [1.165, 1.54) is 11.3 Å². The van der Waals surface area contributed by atoms with Crippen LogP contribution >= 0.6 is 11.3 Å². The fourth-order valence-corrected chi connectivity index (χ4v) is 2.59. The van der Waals surface area contributed by atoms with E-state index < -0.39 is 6.04 Å². The quantitative estimate of drug-likeness (QED) is 0.861. The predicted octanol–water partition coefficient (Wildman–Crippen LogP) is 2.99. The normalized spacial score (nSPS) is 12.0. The first kappa shape index (κ1) is 16.2. The minimum absolute atomic E-state index is 0.190. The van der Waals surface area contributed by atoms with Gasteiger partial charge in [0.05, 0.1) is 4.88 Å². The molecule has 116 valence electrons. The van der Waals surface area contributed by atoms with Crippen molar-refractivity contribution in [3.8, 4) is 0 Å². The summed E-state index contributed by atoms with van der Waals surface area (Å²) in [5.74, 6) is -0.0678. The molecule has 0 aliphatic carbocycles. The monoisotopic (exact) mass is 316 g/mol. The average molecular weight is 316 g/mol. The zero-order valence-corrected chi connectivity index (χ0v) is 13.5. The largest absolute Gasteiger partial charge is 0.354 e. The highest BCUT2D eigenvalue weighted by Gasteiger charge is 2.23. The van der Waals surface area contributed by atoms with Crippen molar-refractivity contribution in [2.24, 2.45) is 5.92 Å². The Morgan fingerprint density at radius 3 is 2.41 bits per heavy atom. The van der Waals surface area contributed by atoms with Crippen LogP contribution in [0, 0.1) is 5.92 Å². The number of benzene rings is 1. The molecule has 0 fully saturated rings. The standard InChI is InChI=1S/C17H20N2O2S/c1-12(2)11-18-17(21)15(13-7-4-3-5-8-13)19-16(20)14-9-6-10-22-14/h3-10,12,15H,11H2,1-2H3,(H,18,21)(H,19,20). The van der Waals surface area contributed by atoms with Crippen LogP contribution in [0.15, 0.2) is 47.8 Å². The molecule has 1 unspecified atom stereocenters. The summed E-state index contributed by atoms with van der Waals surface area (Å²) < 4.78 is 0. The van der Waals surface area contributed by atoms with Gasteiger partial charge in [-0.25, -0.2) is 0 Å². The van der Waals surface area contributed by atoms with Crippen LogP contribution in [-0.4, -0.2) is 18.4 Å². The van der Waals surface area contributed by atoms with Crippen LogP contribution < -0.4 is 10.6 Å². The third-order valence-corrected chi connectivity index (χ3v) is 3.97. The summed E-state index contributed by atoms with van der Waals surface area (Å²) >= 11 is 1.35. The maximum absolute atomic E-state index is 12.4. The van der Waals surface area contributed by atoms with E-state index in [9.17, 15) is 9.59 Å². The molecular weight excluding hydrogens is 296 g/mol. The zero-order chi connectivity index (χ0) is 15.9. The molecule has 1 atom stereocenters. The van der Waals surface area contributed by atoms with Gasteiger partial charge in [-0.2, -0.15) is 0 Å². The molecule has 1 aromatic carbocycles. The van der Waals surface area contributed by atoms with Gasteiger partial charge in [-0.05, 0) is 22.9 Å². The number of thiophene rings is 1. The second-order valence-corrected chi connectivity index (χ2v) is 6.38. The lowest BCUT2D eigenvalue weighted by Gasteiger charge is -2.19. The highest BCUT2D eigenvalue weighted by Crippen LogP contribution is 2.16. The van der Waals surface area contributed by atoms with E-state index in [-0.39, 0.29) is 11.8 Å². The van der Waals surface area contributed by atoms with Crippen molar-refractivity contribution in [1.82, 2.24) is 10.6 Å². The van der Waals surface area contributed by atoms with E-state index in [4.69, 9.17) is 0 Å². The molecule has 1 heterocycles. The van der Waals surface area contributed by atoms with Crippen LogP contribution in [0.2, 0.25) is 0 Å². The molecule has 4 nitrogen and oxygen atoms in total. The maximum atomic E-state index is 12.4. The molecule has 2 aromatic rings. The van der Waals surface area contributed by atoms with Crippen molar-refractivity contribution in [1.29, 1.82) is 0 Å². The van der Waals surface area contributed by atoms with E-state index in [1.807, 2.05) is 55.6 Å². The molecule has 2 N–H and O–H groups in total. The predicted molar refractivity (Wildman–Crippen MR) is 88.8 cm³/mol. The molecule has 0 bridgehead atoms. The lowest BCUT2D eigenvalue weighted by atomic mass is 10.1. The molecule has 0 aliphatic heterocycles. The van der Waals surface area contributed by atoms with E-state index in [2.05, 4.69) is 10.6 Å². The van der Waals surface area contributed by atoms with Crippen molar-refractivity contribution >= 4 is 23.2 Å². The van der Waals surface area contributed by atoms with Gasteiger partial charge >= 0.3 is 0 Å². The second-order valence-electron chi connectivity index (χ2n) is 5.43. The molecule has 5 heteroatoms. The third kappa shape index (κ3) is 4.43. The van der Waals surface area contributed by atoms with Gasteiger partial charge in [0, 0.05) is 6.54 Å². The van der Waals surface area contributed by atoms with Crippen LogP contribution in [-0.2, 0) is 4.79 Å². The van der Waals surface area contributed by atoms with Crippen molar-refractivity contribution in [3.05, 3.63) is 58.3 Å². The molecule has 0 saturated carbocycles. The summed E-state index contributed by atoms with van der Waals surface area (Å²) in [6, 6.07) is 12.2. The summed E-state index contributed by atoms with van der Waals surface area (Å²) in [7, 11) is 0. The van der Waals surface area contributed by atoms with E-state index in [1.54, 1.807) is 6.07 Å². The SMILES string of the molecule is CC(C)CNC(=O)C(NC(=O)c1cccs1)c1ccccc1. The van der Waals surface area contributed by atoms with Gasteiger partial charge in [0.2, 0.25) is 5.91 Å². The summed E-state index contributed by atoms with van der Waals surface area (Å²) in [5, 5.41) is 7.54. The molecule has 0 spiro atoms. The molecule has 22 heavy (non-hydrogen) atoms. The number of carbonyl (C=O) groups is 2. The first-order valence-electron chi connectivity index (χ1n) is 7.25. The Hall–Kier alpha value is -2.14. The number of carbonyl (C=O) groups excluding carboxylic acids is 2. The number of amides is 2. The van der Waals surface area contributed by atoms with E-state index >= 15 is 0 Å². The Bertz CT molecular complexity index is 609. The molecule has 0 radical (unpaired) electrons. The van der Waals surface area contributed by atoms with Crippen LogP contribution in [0.1, 0.15) is 35.1 Å². The van der Waals surface area contributed by atoms with Gasteiger partial charge in [-0.15, -0.1) is 11.3 Å². The molecule has 0 aliphatic rings. The van der Waals surface area contributed by atoms with Gasteiger partial charge in [-0.1, -0.05) is 50.2 Å². The van der Waals surface area contributed by atoms with Crippen LogP contribution in [0.25, 0.3) is 0 Å². The van der Waals surface area contributed by atoms with Crippen LogP contribution in [0.5, 0.6) is 0 Å². The van der Waals surface area contributed by atoms with Crippen LogP contribution in [0.4, 0.5) is 0 Å². The fraction of sp³-hybridized carbons (Fsp3) is 0.294. The van der Waals surface area contributed by atoms with Gasteiger partial charge in [0.25, 0.3) is 5.91 Å². The second kappa shape index (κ2) is 7.75. The molecule has 2 rings (SSSR count). The summed E-state index contributed by atoms with van der Waals surface area (Å²) in [6.45, 7) is 4.64. The smallest absolute Gasteiger partial charge is 0.262 e. The summed E-state index contributed by atoms with van der Waals surface area (Å²) in [5.41, 5.74) is 0.772. The average Bonchev–Trinajstić information content (AvgIpc) is 3.05. The Morgan fingerprint density at radius 1 is 1.09 bits per heavy atom. The Balaban J connectivity index is 2.15. The lowest BCUT2D eigenvalue weighted by Crippen LogP contribution is -2.41. The van der Waals surface area contributed by atoms with Crippen molar-refractivity contribution < 1.29 is 9.59 Å². The van der Waals surface area contributed by atoms with E-state index in [0.29, 0.717) is 17.3 Å². The highest BCUT2D eigenvalue weighted by atomic mass is 32.1. The number of hydrogen-bond donors (Lipinski definition) is 2. The Kier molecular flexibility index (Phi) is 5.72. The first-order chi connectivity index (χ1) is 10.6. The molecular formula is C17H20N2O2S. The summed E-state index contributed by atoms with van der Waals surface area (Å²) in [6.07, 6.45) is 0. The number of rotatable bonds is 6. The minimum Gasteiger partial charge on any atom is -0.354 e. The van der Waals surface area contributed by atoms with Gasteiger partial charge in [0.15, 0.2) is 0 Å². The molecule has 0 saturated heterocycles. The fourth-order valence-electron chi connectivity index (χ4n) is 1.96. The van der Waals surface area contributed by atoms with Crippen molar-refractivity contribution in [3.63, 3.8) is 0 Å². The zero-order valence-electron chi connectivity index (χ0n) is 12.7. The van der Waals surface area contributed by atoms with Crippen LogP contribution in [0.3, 0.4) is 0 Å². The van der Waals surface area contributed by atoms with E-state index in [0.717, 1.165) is 5.56 Å². The van der Waals surface area contributed by atoms with Crippen molar-refractivity contribution in [2.45, 2.75) is 19.9 Å². The maximum Gasteiger partial charge on any atom is 0.262 e. The number of hydrogen-bond acceptors (Lipinski definition) is 3. The Morgan fingerprint density at radius 2 is 1.82 bits per heavy atom. The van der Waals surface area contributed by atoms with Gasteiger partial charge < -0.3 is 10.6 Å².